The quantitative estimate of drug-likeness (QED) is 0.225. The fraction of sp³-hybridized carbons (Fsp3) is 0.222. The molecule has 0 N–H and O–H groups in total. The van der Waals surface area contributed by atoms with Crippen molar-refractivity contribution in [3.63, 3.8) is 0 Å². The summed E-state index contributed by atoms with van der Waals surface area (Å²) in [5.74, 6) is 0.652. The van der Waals surface area contributed by atoms with Crippen LogP contribution in [0.5, 0.6) is 5.75 Å². The molecule has 0 saturated heterocycles. The number of benzene rings is 1. The first-order valence-electron chi connectivity index (χ1n) is 3.96. The van der Waals surface area contributed by atoms with E-state index in [9.17, 15) is 4.79 Å². The highest BCUT2D eigenvalue weighted by molar-refractivity contribution is 14.1. The number of fused-ring (bicyclic) bond motifs is 1. The lowest BCUT2D eigenvalue weighted by Gasteiger charge is -2.19. The fourth-order valence-corrected chi connectivity index (χ4v) is 4.00. The van der Waals surface area contributed by atoms with Crippen LogP contribution in [0.2, 0.25) is 0 Å². The van der Waals surface area contributed by atoms with Gasteiger partial charge >= 0.3 is 5.97 Å². The van der Waals surface area contributed by atoms with Gasteiger partial charge in [-0.25, -0.2) is 0 Å². The Morgan fingerprint density at radius 2 is 1.86 bits per heavy atom. The third-order valence-corrected chi connectivity index (χ3v) is 5.93. The summed E-state index contributed by atoms with van der Waals surface area (Å²) < 4.78 is 8.71. The first-order valence-corrected chi connectivity index (χ1v) is 7.20. The minimum absolute atomic E-state index is 0.118. The van der Waals surface area contributed by atoms with Crippen molar-refractivity contribution in [2.75, 3.05) is 0 Å². The van der Waals surface area contributed by atoms with Gasteiger partial charge in [0.25, 0.3) is 0 Å². The van der Waals surface area contributed by atoms with E-state index < -0.39 is 0 Å². The van der Waals surface area contributed by atoms with Gasteiger partial charge in [-0.15, -0.1) is 0 Å². The van der Waals surface area contributed by atoms with E-state index in [0.29, 0.717) is 6.42 Å². The van der Waals surface area contributed by atoms with Crippen LogP contribution in [0, 0.1) is 10.7 Å². The summed E-state index contributed by atoms with van der Waals surface area (Å²) in [6, 6.07) is 2.04. The lowest BCUT2D eigenvalue weighted by atomic mass is 10.1. The van der Waals surface area contributed by atoms with Gasteiger partial charge in [0, 0.05) is 12.7 Å². The van der Waals surface area contributed by atoms with Crippen LogP contribution in [-0.2, 0) is 11.2 Å². The summed E-state index contributed by atoms with van der Waals surface area (Å²) in [6.45, 7) is 0. The van der Waals surface area contributed by atoms with Crippen molar-refractivity contribution in [2.24, 2.45) is 0 Å². The average molecular weight is 526 g/mol. The van der Waals surface area contributed by atoms with E-state index in [0.717, 1.165) is 15.7 Å². The van der Waals surface area contributed by atoms with Crippen LogP contribution in [0.15, 0.2) is 6.07 Å². The van der Waals surface area contributed by atoms with E-state index in [1.165, 1.54) is 12.7 Å². The normalized spacial score (nSPS) is 14.9. The zero-order valence-electron chi connectivity index (χ0n) is 6.94. The smallest absolute Gasteiger partial charge is 0.311 e. The molecule has 0 saturated carbocycles. The minimum atomic E-state index is -0.118. The Hall–Kier alpha value is 0.880. The number of esters is 1. The first-order chi connectivity index (χ1) is 6.59. The first kappa shape index (κ1) is 11.4. The highest BCUT2D eigenvalue weighted by atomic mass is 127. The number of carbonyl (C=O) groups excluding carboxylic acids is 1. The fourth-order valence-electron chi connectivity index (χ4n) is 1.35. The molecule has 0 aromatic heterocycles. The van der Waals surface area contributed by atoms with E-state index in [2.05, 4.69) is 67.8 Å². The second-order valence-electron chi connectivity index (χ2n) is 2.94. The van der Waals surface area contributed by atoms with Gasteiger partial charge in [0.05, 0.1) is 9.99 Å². The Balaban J connectivity index is 2.62. The molecule has 74 valence electrons. The summed E-state index contributed by atoms with van der Waals surface area (Å²) >= 11 is 6.83. The third-order valence-electron chi connectivity index (χ3n) is 2.01. The molecule has 1 aliphatic rings. The van der Waals surface area contributed by atoms with E-state index in [-0.39, 0.29) is 5.97 Å². The monoisotopic (exact) mass is 526 g/mol. The van der Waals surface area contributed by atoms with Crippen LogP contribution in [0.3, 0.4) is 0 Å². The second kappa shape index (κ2) is 4.40. The van der Waals surface area contributed by atoms with Gasteiger partial charge in [0.15, 0.2) is 0 Å². The maximum absolute atomic E-state index is 11.1. The van der Waals surface area contributed by atoms with Crippen molar-refractivity contribution in [3.05, 3.63) is 22.3 Å². The Kier molecular flexibility index (Phi) is 3.57. The Morgan fingerprint density at radius 3 is 2.57 bits per heavy atom. The molecule has 0 aliphatic carbocycles. The van der Waals surface area contributed by atoms with Crippen molar-refractivity contribution >= 4 is 73.7 Å². The molecule has 5 heteroatoms. The molecule has 0 bridgehead atoms. The molecular formula is C9H5I3O2. The zero-order chi connectivity index (χ0) is 10.3. The van der Waals surface area contributed by atoms with E-state index in [1.807, 2.05) is 6.07 Å². The molecule has 0 amide bonds. The Labute approximate surface area is 123 Å². The van der Waals surface area contributed by atoms with Crippen LogP contribution in [0.4, 0.5) is 0 Å². The van der Waals surface area contributed by atoms with Crippen LogP contribution in [0.1, 0.15) is 12.0 Å². The molecule has 2 rings (SSSR count). The zero-order valence-corrected chi connectivity index (χ0v) is 13.4. The average Bonchev–Trinajstić information content (AvgIpc) is 2.14. The molecular weight excluding hydrogens is 521 g/mol. The van der Waals surface area contributed by atoms with E-state index >= 15 is 0 Å². The highest BCUT2D eigenvalue weighted by Crippen LogP contribution is 2.36. The number of hydrogen-bond donors (Lipinski definition) is 0. The maximum atomic E-state index is 11.1. The SMILES string of the molecule is O=C1CCc2c(I)c(I)cc(I)c2O1. The van der Waals surface area contributed by atoms with Gasteiger partial charge in [0.2, 0.25) is 0 Å². The molecule has 0 radical (unpaired) electrons. The standard InChI is InChI=1S/C9H5I3O2/c10-5-3-6(11)9-4(8(5)12)1-2-7(13)14-9/h3H,1-2H2. The Bertz CT molecular complexity index is 415. The third kappa shape index (κ3) is 2.04. The van der Waals surface area contributed by atoms with Crippen molar-refractivity contribution in [1.82, 2.24) is 0 Å². The summed E-state index contributed by atoms with van der Waals surface area (Å²) in [6.07, 6.45) is 1.30. The van der Waals surface area contributed by atoms with Crippen LogP contribution < -0.4 is 4.74 Å². The lowest BCUT2D eigenvalue weighted by molar-refractivity contribution is -0.135. The number of rotatable bonds is 0. The summed E-state index contributed by atoms with van der Waals surface area (Å²) in [5, 5.41) is 0. The van der Waals surface area contributed by atoms with Crippen molar-refractivity contribution in [1.29, 1.82) is 0 Å². The predicted octanol–water partition coefficient (Wildman–Crippen LogP) is 3.35. The predicted molar refractivity (Wildman–Crippen MR) is 78.5 cm³/mol. The molecule has 14 heavy (non-hydrogen) atoms. The number of halogens is 3. The van der Waals surface area contributed by atoms with Crippen LogP contribution >= 0.6 is 67.8 Å². The molecule has 1 aliphatic heterocycles. The number of carbonyl (C=O) groups is 1. The van der Waals surface area contributed by atoms with Crippen molar-refractivity contribution < 1.29 is 9.53 Å². The van der Waals surface area contributed by atoms with Crippen LogP contribution in [-0.4, -0.2) is 5.97 Å². The summed E-state index contributed by atoms with van der Waals surface area (Å²) in [7, 11) is 0. The van der Waals surface area contributed by atoms with E-state index in [1.54, 1.807) is 0 Å². The van der Waals surface area contributed by atoms with Gasteiger partial charge in [0.1, 0.15) is 5.75 Å². The van der Waals surface area contributed by atoms with Gasteiger partial charge in [-0.2, -0.15) is 0 Å². The molecule has 0 atom stereocenters. The van der Waals surface area contributed by atoms with Gasteiger partial charge < -0.3 is 4.74 Å². The highest BCUT2D eigenvalue weighted by Gasteiger charge is 2.23. The van der Waals surface area contributed by atoms with E-state index in [4.69, 9.17) is 4.74 Å². The van der Waals surface area contributed by atoms with Gasteiger partial charge in [-0.3, -0.25) is 4.79 Å². The van der Waals surface area contributed by atoms with Gasteiger partial charge in [-0.05, 0) is 80.3 Å². The van der Waals surface area contributed by atoms with Crippen molar-refractivity contribution in [3.8, 4) is 5.75 Å². The number of ether oxygens (including phenoxy) is 1. The Morgan fingerprint density at radius 1 is 1.14 bits per heavy atom. The second-order valence-corrected chi connectivity index (χ2v) is 6.34. The lowest BCUT2D eigenvalue weighted by Crippen LogP contribution is -2.18. The molecule has 0 fully saturated rings. The maximum Gasteiger partial charge on any atom is 0.311 e. The molecule has 0 spiro atoms. The molecule has 1 heterocycles. The van der Waals surface area contributed by atoms with Crippen LogP contribution in [0.25, 0.3) is 0 Å². The summed E-state index contributed by atoms with van der Waals surface area (Å²) in [5.41, 5.74) is 1.18. The summed E-state index contributed by atoms with van der Waals surface area (Å²) in [4.78, 5) is 11.1. The van der Waals surface area contributed by atoms with Gasteiger partial charge in [-0.1, -0.05) is 0 Å². The largest absolute Gasteiger partial charge is 0.425 e. The molecule has 1 aromatic carbocycles. The minimum Gasteiger partial charge on any atom is -0.425 e. The topological polar surface area (TPSA) is 26.3 Å². The number of hydrogen-bond acceptors (Lipinski definition) is 2. The molecule has 2 nitrogen and oxygen atoms in total. The molecule has 1 aromatic rings. The molecule has 0 unspecified atom stereocenters. The van der Waals surface area contributed by atoms with Crippen molar-refractivity contribution in [2.45, 2.75) is 12.8 Å².